The van der Waals surface area contributed by atoms with E-state index >= 15 is 0 Å². The Hall–Kier alpha value is -0.670. The van der Waals surface area contributed by atoms with Crippen LogP contribution < -0.4 is 5.06 Å². The molecule has 4 unspecified atom stereocenters. The van der Waals surface area contributed by atoms with Gasteiger partial charge in [-0.2, -0.15) is 0 Å². The van der Waals surface area contributed by atoms with Crippen molar-refractivity contribution in [1.82, 2.24) is 0 Å². The molecule has 4 atom stereocenters. The number of hydrogen-bond acceptors (Lipinski definition) is 5. The van der Waals surface area contributed by atoms with E-state index in [0.29, 0.717) is 0 Å². The normalized spacial score (nSPS) is 41.3. The number of carboxylic acids is 1. The number of aliphatic carboxylic acids is 1. The number of rotatable bonds is 3. The lowest BCUT2D eigenvalue weighted by Crippen LogP contribution is -3.16. The molecule has 2 aliphatic rings. The smallest absolute Gasteiger partial charge is 0.303 e. The van der Waals surface area contributed by atoms with Gasteiger partial charge in [0.25, 0.3) is 5.12 Å². The van der Waals surface area contributed by atoms with E-state index in [1.54, 1.807) is 0 Å². The molecule has 2 N–H and O–H groups in total. The predicted octanol–water partition coefficient (Wildman–Crippen LogP) is -1.47. The van der Waals surface area contributed by atoms with Crippen molar-refractivity contribution in [2.75, 3.05) is 19.0 Å². The number of hydrogen-bond donors (Lipinski definition) is 2. The number of hydroxylamine groups is 5. The van der Waals surface area contributed by atoms with Gasteiger partial charge in [-0.1, -0.05) is 0 Å². The van der Waals surface area contributed by atoms with Crippen LogP contribution in [0.3, 0.4) is 0 Å². The minimum absolute atomic E-state index is 0.0282. The van der Waals surface area contributed by atoms with Crippen molar-refractivity contribution in [3.05, 3.63) is 10.4 Å². The van der Waals surface area contributed by atoms with E-state index in [-0.39, 0.29) is 42.0 Å². The van der Waals surface area contributed by atoms with Gasteiger partial charge in [-0.3, -0.25) is 9.59 Å². The summed E-state index contributed by atoms with van der Waals surface area (Å²) >= 11 is 0.982. The molecule has 0 radical (unpaired) electrons. The Kier molecular flexibility index (Phi) is 3.41. The minimum atomic E-state index is -0.968. The van der Waals surface area contributed by atoms with Crippen LogP contribution in [-0.2, 0) is 9.59 Å². The van der Waals surface area contributed by atoms with Gasteiger partial charge >= 0.3 is 5.97 Å². The topological polar surface area (TPSA) is 105 Å². The van der Waals surface area contributed by atoms with E-state index in [2.05, 4.69) is 0 Å². The molecule has 96 valence electrons. The van der Waals surface area contributed by atoms with Crippen LogP contribution in [0.4, 0.5) is 0 Å². The summed E-state index contributed by atoms with van der Waals surface area (Å²) in [5, 5.41) is 32.3. The predicted molar refractivity (Wildman–Crippen MR) is 59.6 cm³/mol. The van der Waals surface area contributed by atoms with E-state index < -0.39 is 22.7 Å². The highest BCUT2D eigenvalue weighted by molar-refractivity contribution is 8.13. The summed E-state index contributed by atoms with van der Waals surface area (Å²) in [7, 11) is 0. The van der Waals surface area contributed by atoms with Gasteiger partial charge in [-0.25, -0.2) is 0 Å². The van der Waals surface area contributed by atoms with E-state index in [4.69, 9.17) is 5.11 Å². The molecule has 2 fully saturated rings. The number of thioether (sulfide) groups is 1. The third-order valence-electron chi connectivity index (χ3n) is 3.35. The molecule has 2 saturated heterocycles. The third kappa shape index (κ3) is 2.45. The van der Waals surface area contributed by atoms with Gasteiger partial charge in [-0.05, 0) is 11.8 Å². The highest BCUT2D eigenvalue weighted by Crippen LogP contribution is 2.31. The van der Waals surface area contributed by atoms with Crippen LogP contribution in [0.5, 0.6) is 0 Å². The third-order valence-corrected chi connectivity index (χ3v) is 4.47. The van der Waals surface area contributed by atoms with Gasteiger partial charge in [0.1, 0.15) is 25.0 Å². The zero-order chi connectivity index (χ0) is 12.6. The molecule has 0 aliphatic carbocycles. The molecule has 0 aromatic rings. The number of carbonyl (C=O) groups is 2. The van der Waals surface area contributed by atoms with Crippen LogP contribution in [0, 0.1) is 10.4 Å². The Morgan fingerprint density at radius 1 is 1.65 bits per heavy atom. The van der Waals surface area contributed by atoms with Crippen LogP contribution in [0.1, 0.15) is 12.8 Å². The number of fused-ring (bicyclic) bond motifs is 1. The molecule has 8 heteroatoms. The fraction of sp³-hybridized carbons (Fsp3) is 0.778. The van der Waals surface area contributed by atoms with E-state index in [9.17, 15) is 20.0 Å². The molecular formula is C9H14N2O5S. The molecule has 2 heterocycles. The molecular weight excluding hydrogens is 248 g/mol. The van der Waals surface area contributed by atoms with Gasteiger partial charge in [0.2, 0.25) is 6.04 Å². The molecule has 17 heavy (non-hydrogen) atoms. The molecule has 0 bridgehead atoms. The largest absolute Gasteiger partial charge is 0.634 e. The second-order valence-electron chi connectivity index (χ2n) is 4.54. The number of quaternary nitrogens is 2. The lowest BCUT2D eigenvalue weighted by atomic mass is 10.1. The molecule has 0 amide bonds. The van der Waals surface area contributed by atoms with Crippen LogP contribution in [0.25, 0.3) is 0 Å². The Bertz CT molecular complexity index is 352. The fourth-order valence-electron chi connectivity index (χ4n) is 2.36. The number of carbonyl (C=O) groups excluding carboxylic acids is 1. The van der Waals surface area contributed by atoms with Crippen molar-refractivity contribution in [3.8, 4) is 0 Å². The molecule has 0 aromatic heterocycles. The van der Waals surface area contributed by atoms with Crippen molar-refractivity contribution in [2.45, 2.75) is 24.9 Å². The maximum Gasteiger partial charge on any atom is 0.303 e. The van der Waals surface area contributed by atoms with Crippen LogP contribution in [-0.4, -0.2) is 51.9 Å². The number of carboxylic acid groups (broad SMARTS) is 1. The van der Waals surface area contributed by atoms with Crippen LogP contribution in [0.15, 0.2) is 0 Å². The first-order chi connectivity index (χ1) is 7.92. The second-order valence-corrected chi connectivity index (χ2v) is 5.49. The Morgan fingerprint density at radius 2 is 2.35 bits per heavy atom. The standard InChI is InChI=1S/C9H14N2O5S/c12-8(13)2-1-6-4-11(16)5-17-9(14)7(11)3-10(6)15/h6-7,10H,1-5H2,(H,12,13). The molecule has 7 nitrogen and oxygen atoms in total. The van der Waals surface area contributed by atoms with E-state index in [1.165, 1.54) is 0 Å². The van der Waals surface area contributed by atoms with Crippen LogP contribution in [0.2, 0.25) is 0 Å². The van der Waals surface area contributed by atoms with E-state index in [0.717, 1.165) is 11.8 Å². The molecule has 0 spiro atoms. The monoisotopic (exact) mass is 262 g/mol. The second kappa shape index (κ2) is 4.54. The maximum absolute atomic E-state index is 12.3. The summed E-state index contributed by atoms with van der Waals surface area (Å²) in [5.74, 6) is -0.815. The molecule has 0 saturated carbocycles. The summed E-state index contributed by atoms with van der Waals surface area (Å²) in [6, 6.07) is -1.26. The number of nitrogens with one attached hydrogen (secondary N) is 1. The minimum Gasteiger partial charge on any atom is -0.634 e. The zero-order valence-corrected chi connectivity index (χ0v) is 9.94. The summed E-state index contributed by atoms with van der Waals surface area (Å²) in [6.07, 6.45) is 0.0874. The lowest BCUT2D eigenvalue weighted by Gasteiger charge is -2.51. The Balaban J connectivity index is 2.03. The van der Waals surface area contributed by atoms with E-state index in [1.807, 2.05) is 0 Å². The highest BCUT2D eigenvalue weighted by Gasteiger charge is 2.50. The number of nitrogens with zero attached hydrogens (tertiary/aromatic N) is 1. The van der Waals surface area contributed by atoms with Crippen molar-refractivity contribution in [3.63, 3.8) is 0 Å². The van der Waals surface area contributed by atoms with Gasteiger partial charge in [0.05, 0.1) is 6.42 Å². The zero-order valence-electron chi connectivity index (χ0n) is 9.13. The highest BCUT2D eigenvalue weighted by atomic mass is 32.2. The maximum atomic E-state index is 12.3. The lowest BCUT2D eigenvalue weighted by molar-refractivity contribution is -0.999. The SMILES string of the molecule is O=C(O)CCC1C[N+]2([O-])CSC(=O)C2C[NH+]1[O-]. The summed E-state index contributed by atoms with van der Waals surface area (Å²) in [4.78, 5) is 21.9. The summed E-state index contributed by atoms with van der Waals surface area (Å²) in [6.45, 7) is 0.0230. The van der Waals surface area contributed by atoms with Gasteiger partial charge in [-0.15, -0.1) is 0 Å². The Morgan fingerprint density at radius 3 is 3.00 bits per heavy atom. The fourth-order valence-corrected chi connectivity index (χ4v) is 3.46. The average Bonchev–Trinajstić information content (AvgIpc) is 2.53. The Labute approximate surface area is 102 Å². The first-order valence-corrected chi connectivity index (χ1v) is 6.40. The summed E-state index contributed by atoms with van der Waals surface area (Å²) in [5.41, 5.74) is 0. The van der Waals surface area contributed by atoms with Crippen molar-refractivity contribution in [2.24, 2.45) is 0 Å². The van der Waals surface area contributed by atoms with Crippen LogP contribution >= 0.6 is 11.8 Å². The summed E-state index contributed by atoms with van der Waals surface area (Å²) < 4.78 is -0.653. The van der Waals surface area contributed by atoms with Crippen molar-refractivity contribution >= 4 is 22.8 Å². The van der Waals surface area contributed by atoms with Gasteiger partial charge < -0.3 is 25.2 Å². The molecule has 0 aromatic carbocycles. The number of piperazine rings is 1. The quantitative estimate of drug-likeness (QED) is 0.475. The first kappa shape index (κ1) is 12.8. The van der Waals surface area contributed by atoms with Crippen molar-refractivity contribution < 1.29 is 24.4 Å². The molecule has 2 aliphatic heterocycles. The van der Waals surface area contributed by atoms with Gasteiger partial charge in [0.15, 0.2) is 0 Å². The average molecular weight is 262 g/mol. The van der Waals surface area contributed by atoms with Crippen molar-refractivity contribution in [1.29, 1.82) is 0 Å². The van der Waals surface area contributed by atoms with Gasteiger partial charge in [0, 0.05) is 6.42 Å². The first-order valence-electron chi connectivity index (χ1n) is 5.41. The molecule has 2 rings (SSSR count).